The second-order valence-corrected chi connectivity index (χ2v) is 8.70. The van der Waals surface area contributed by atoms with Gasteiger partial charge in [-0.3, -0.25) is 0 Å². The summed E-state index contributed by atoms with van der Waals surface area (Å²) in [7, 11) is 0. The van der Waals surface area contributed by atoms with E-state index in [9.17, 15) is 0 Å². The van der Waals surface area contributed by atoms with Crippen molar-refractivity contribution in [3.05, 3.63) is 35.7 Å². The number of fused-ring (bicyclic) bond motifs is 1. The molecule has 2 aliphatic carbocycles. The highest BCUT2D eigenvalue weighted by Crippen LogP contribution is 2.36. The maximum Gasteiger partial charge on any atom is 0.148 e. The molecule has 0 bridgehead atoms. The first-order valence-corrected chi connectivity index (χ1v) is 12.4. The predicted molar refractivity (Wildman–Crippen MR) is 131 cm³/mol. The first kappa shape index (κ1) is 24.6. The van der Waals surface area contributed by atoms with Crippen LogP contribution < -0.4 is 0 Å². The molecule has 34 heavy (non-hydrogen) atoms. The molecule has 2 saturated carbocycles. The minimum absolute atomic E-state index is 0.424. The summed E-state index contributed by atoms with van der Waals surface area (Å²) in [6, 6.07) is 7.82. The van der Waals surface area contributed by atoms with Crippen LogP contribution in [0.15, 0.2) is 24.3 Å². The van der Waals surface area contributed by atoms with Crippen LogP contribution in [0.2, 0.25) is 0 Å². The summed E-state index contributed by atoms with van der Waals surface area (Å²) < 4.78 is 23.0. The molecule has 6 nitrogen and oxygen atoms in total. The second-order valence-electron chi connectivity index (χ2n) is 8.70. The summed E-state index contributed by atoms with van der Waals surface area (Å²) in [5.74, 6) is 13.3. The van der Waals surface area contributed by atoms with Gasteiger partial charge in [-0.2, -0.15) is 0 Å². The predicted octanol–water partition coefficient (Wildman–Crippen LogP) is 4.28. The fourth-order valence-corrected chi connectivity index (χ4v) is 4.01. The topological polar surface area (TPSA) is 62.7 Å². The molecule has 1 heterocycles. The molecule has 1 aromatic heterocycles. The highest BCUT2D eigenvalue weighted by molar-refractivity contribution is 5.75. The fraction of sp³-hybridized carbons (Fsp3) is 0.571. The third-order valence-electron chi connectivity index (χ3n) is 6.33. The van der Waals surface area contributed by atoms with Crippen molar-refractivity contribution in [3.63, 3.8) is 0 Å². The van der Waals surface area contributed by atoms with E-state index in [1.807, 2.05) is 38.1 Å². The molecule has 4 rings (SSSR count). The summed E-state index contributed by atoms with van der Waals surface area (Å²) >= 11 is 0. The van der Waals surface area contributed by atoms with Crippen molar-refractivity contribution in [3.8, 4) is 23.7 Å². The highest BCUT2D eigenvalue weighted by atomic mass is 16.5. The lowest BCUT2D eigenvalue weighted by Crippen LogP contribution is -2.39. The zero-order chi connectivity index (χ0) is 23.7. The van der Waals surface area contributed by atoms with Crippen LogP contribution in [-0.2, 0) is 18.9 Å². The van der Waals surface area contributed by atoms with Crippen LogP contribution in [0.1, 0.15) is 63.8 Å². The van der Waals surface area contributed by atoms with Gasteiger partial charge in [0.2, 0.25) is 0 Å². The molecule has 0 aliphatic heterocycles. The molecule has 0 atom stereocenters. The third kappa shape index (κ3) is 6.14. The second kappa shape index (κ2) is 11.8. The summed E-state index contributed by atoms with van der Waals surface area (Å²) in [6.07, 6.45) is 5.91. The molecule has 1 aromatic carbocycles. The normalized spacial score (nSPS) is 17.6. The van der Waals surface area contributed by atoms with Crippen molar-refractivity contribution in [2.24, 2.45) is 0 Å². The lowest BCUT2D eigenvalue weighted by molar-refractivity contribution is -0.0735. The maximum atomic E-state index is 6.11. The average molecular weight is 463 g/mol. The van der Waals surface area contributed by atoms with E-state index in [4.69, 9.17) is 28.9 Å². The molecule has 2 aliphatic rings. The number of para-hydroxylation sites is 2. The van der Waals surface area contributed by atoms with E-state index in [1.165, 1.54) is 0 Å². The Balaban J connectivity index is 1.58. The van der Waals surface area contributed by atoms with E-state index in [-0.39, 0.29) is 0 Å². The first-order chi connectivity index (χ1) is 16.7. The summed E-state index contributed by atoms with van der Waals surface area (Å²) in [6.45, 7) is 7.59. The van der Waals surface area contributed by atoms with Gasteiger partial charge in [0.25, 0.3) is 0 Å². The van der Waals surface area contributed by atoms with Crippen LogP contribution >= 0.6 is 0 Å². The first-order valence-electron chi connectivity index (χ1n) is 12.4. The molecule has 0 amide bonds. The molecule has 0 radical (unpaired) electrons. The number of ether oxygens (including phenoxy) is 4. The number of hydrogen-bond acceptors (Lipinski definition) is 6. The Morgan fingerprint density at radius 1 is 0.706 bits per heavy atom. The van der Waals surface area contributed by atoms with Gasteiger partial charge in [0.15, 0.2) is 0 Å². The van der Waals surface area contributed by atoms with Crippen molar-refractivity contribution in [1.29, 1.82) is 0 Å². The van der Waals surface area contributed by atoms with Gasteiger partial charge in [-0.15, -0.1) is 0 Å². The number of rotatable bonds is 10. The van der Waals surface area contributed by atoms with Crippen molar-refractivity contribution < 1.29 is 18.9 Å². The molecule has 2 fully saturated rings. The Labute approximate surface area is 202 Å². The van der Waals surface area contributed by atoms with Crippen molar-refractivity contribution >= 4 is 11.0 Å². The monoisotopic (exact) mass is 462 g/mol. The van der Waals surface area contributed by atoms with Crippen LogP contribution in [0.5, 0.6) is 0 Å². The number of nitrogens with zero attached hydrogens (tertiary/aromatic N) is 2. The van der Waals surface area contributed by atoms with Crippen LogP contribution in [0.3, 0.4) is 0 Å². The molecular weight excluding hydrogens is 428 g/mol. The number of hydrogen-bond donors (Lipinski definition) is 0. The summed E-state index contributed by atoms with van der Waals surface area (Å²) in [4.78, 5) is 9.60. The van der Waals surface area contributed by atoms with Gasteiger partial charge in [-0.25, -0.2) is 9.97 Å². The van der Waals surface area contributed by atoms with E-state index in [2.05, 4.69) is 23.7 Å². The van der Waals surface area contributed by atoms with Gasteiger partial charge in [0.05, 0.1) is 37.5 Å². The Kier molecular flexibility index (Phi) is 8.53. The quantitative estimate of drug-likeness (QED) is 0.388. The fourth-order valence-electron chi connectivity index (χ4n) is 4.01. The molecule has 2 aromatic rings. The summed E-state index contributed by atoms with van der Waals surface area (Å²) in [5.41, 5.74) is 1.95. The lowest BCUT2D eigenvalue weighted by atomic mass is 9.80. The molecule has 0 unspecified atom stereocenters. The van der Waals surface area contributed by atoms with Crippen LogP contribution in [0.4, 0.5) is 0 Å². The van der Waals surface area contributed by atoms with Gasteiger partial charge >= 0.3 is 0 Å². The number of benzene rings is 1. The standard InChI is InChI=1S/C28H34N2O4/c1-3-31-19-21-33-27(13-7-14-27)17-11-25-26(30-24-10-6-5-9-23(24)29-25)12-18-28(15-8-16-28)34-22-20-32-4-2/h5-6,9-10H,3-4,7-8,13-16,19-22H2,1-2H3. The van der Waals surface area contributed by atoms with Crippen LogP contribution in [-0.4, -0.2) is 60.8 Å². The summed E-state index contributed by atoms with van der Waals surface area (Å²) in [5, 5.41) is 0. The van der Waals surface area contributed by atoms with Gasteiger partial charge in [0, 0.05) is 13.2 Å². The van der Waals surface area contributed by atoms with Crippen molar-refractivity contribution in [2.75, 3.05) is 39.6 Å². The zero-order valence-corrected chi connectivity index (χ0v) is 20.3. The largest absolute Gasteiger partial charge is 0.379 e. The van der Waals surface area contributed by atoms with Crippen molar-refractivity contribution in [1.82, 2.24) is 9.97 Å². The Bertz CT molecular complexity index is 998. The Morgan fingerprint density at radius 3 is 1.50 bits per heavy atom. The van der Waals surface area contributed by atoms with E-state index in [0.717, 1.165) is 49.6 Å². The Hall–Kier alpha value is -2.48. The smallest absolute Gasteiger partial charge is 0.148 e. The SMILES string of the molecule is CCOCCOC1(C#Cc2nc3ccccc3nc2C#CC2(OCCOCC)CCC2)CCC1. The van der Waals surface area contributed by atoms with Gasteiger partial charge in [-0.05, 0) is 76.3 Å². The van der Waals surface area contributed by atoms with Gasteiger partial charge in [-0.1, -0.05) is 24.0 Å². The molecule has 180 valence electrons. The highest BCUT2D eigenvalue weighted by Gasteiger charge is 2.37. The molecule has 6 heteroatoms. The van der Waals surface area contributed by atoms with E-state index in [1.54, 1.807) is 0 Å². The molecular formula is C28H34N2O4. The van der Waals surface area contributed by atoms with E-state index in [0.29, 0.717) is 51.0 Å². The third-order valence-corrected chi connectivity index (χ3v) is 6.33. The van der Waals surface area contributed by atoms with Gasteiger partial charge < -0.3 is 18.9 Å². The van der Waals surface area contributed by atoms with Crippen molar-refractivity contribution in [2.45, 2.75) is 63.6 Å². The Morgan fingerprint density at radius 2 is 1.15 bits per heavy atom. The zero-order valence-electron chi connectivity index (χ0n) is 20.3. The minimum Gasteiger partial charge on any atom is -0.379 e. The average Bonchev–Trinajstić information content (AvgIpc) is 2.81. The van der Waals surface area contributed by atoms with Crippen LogP contribution in [0, 0.1) is 23.7 Å². The lowest BCUT2D eigenvalue weighted by Gasteiger charge is -2.37. The number of aromatic nitrogens is 2. The minimum atomic E-state index is -0.424. The molecule has 0 N–H and O–H groups in total. The van der Waals surface area contributed by atoms with Crippen LogP contribution in [0.25, 0.3) is 11.0 Å². The van der Waals surface area contributed by atoms with E-state index >= 15 is 0 Å². The van der Waals surface area contributed by atoms with Gasteiger partial charge in [0.1, 0.15) is 22.6 Å². The molecule has 0 spiro atoms. The van der Waals surface area contributed by atoms with E-state index < -0.39 is 11.2 Å². The molecule has 0 saturated heterocycles. The maximum absolute atomic E-state index is 6.11.